The van der Waals surface area contributed by atoms with Crippen LogP contribution in [0.5, 0.6) is 0 Å². The summed E-state index contributed by atoms with van der Waals surface area (Å²) in [5, 5.41) is 9.56. The van der Waals surface area contributed by atoms with Crippen LogP contribution in [-0.4, -0.2) is 46.9 Å². The van der Waals surface area contributed by atoms with Gasteiger partial charge in [0.05, 0.1) is 6.10 Å². The van der Waals surface area contributed by atoms with E-state index in [9.17, 15) is 5.11 Å². The van der Waals surface area contributed by atoms with Gasteiger partial charge in [0.1, 0.15) is 18.0 Å². The van der Waals surface area contributed by atoms with Crippen LogP contribution in [0, 0.1) is 0 Å². The first-order valence-electron chi connectivity index (χ1n) is 6.87. The summed E-state index contributed by atoms with van der Waals surface area (Å²) in [4.78, 5) is 13.1. The molecule has 5 heteroatoms. The summed E-state index contributed by atoms with van der Waals surface area (Å²) in [6, 6.07) is 2.03. The Morgan fingerprint density at radius 1 is 1.26 bits per heavy atom. The van der Waals surface area contributed by atoms with Gasteiger partial charge in [-0.3, -0.25) is 0 Å². The second-order valence-electron chi connectivity index (χ2n) is 6.18. The van der Waals surface area contributed by atoms with Crippen LogP contribution in [0.15, 0.2) is 12.4 Å². The molecule has 0 amide bonds. The second kappa shape index (κ2) is 5.33. The highest BCUT2D eigenvalue weighted by Crippen LogP contribution is 2.24. The molecule has 0 saturated carbocycles. The van der Waals surface area contributed by atoms with Crippen molar-refractivity contribution in [3.8, 4) is 0 Å². The Hall–Kier alpha value is -1.36. The Bertz CT molecular complexity index is 422. The van der Waals surface area contributed by atoms with Gasteiger partial charge in [-0.05, 0) is 33.6 Å². The van der Waals surface area contributed by atoms with E-state index in [0.717, 1.165) is 37.6 Å². The number of hydrogen-bond donors (Lipinski definition) is 1. The molecular weight excluding hydrogens is 240 g/mol. The number of anilines is 2. The van der Waals surface area contributed by atoms with Crippen LogP contribution in [0.3, 0.4) is 0 Å². The van der Waals surface area contributed by atoms with Crippen LogP contribution in [0.4, 0.5) is 11.6 Å². The fourth-order valence-electron chi connectivity index (χ4n) is 2.13. The highest BCUT2D eigenvalue weighted by molar-refractivity contribution is 5.51. The van der Waals surface area contributed by atoms with Crippen molar-refractivity contribution >= 4 is 11.6 Å². The van der Waals surface area contributed by atoms with Crippen molar-refractivity contribution in [2.75, 3.05) is 29.9 Å². The monoisotopic (exact) mass is 264 g/mol. The molecule has 0 aliphatic carbocycles. The first-order valence-corrected chi connectivity index (χ1v) is 6.87. The van der Waals surface area contributed by atoms with Gasteiger partial charge in [0, 0.05) is 31.7 Å². The summed E-state index contributed by atoms with van der Waals surface area (Å²) in [5.74, 6) is 1.89. The minimum Gasteiger partial charge on any atom is -0.393 e. The molecule has 106 valence electrons. The van der Waals surface area contributed by atoms with Crippen LogP contribution in [-0.2, 0) is 0 Å². The lowest BCUT2D eigenvalue weighted by Crippen LogP contribution is -2.39. The molecule has 1 fully saturated rings. The molecule has 0 spiro atoms. The van der Waals surface area contributed by atoms with Gasteiger partial charge in [-0.1, -0.05) is 0 Å². The number of rotatable bonds is 2. The molecule has 0 aromatic carbocycles. The SMILES string of the molecule is CN(c1cc(N2CCC(O)CC2)ncn1)C(C)(C)C. The van der Waals surface area contributed by atoms with E-state index in [0.29, 0.717) is 0 Å². The molecule has 5 nitrogen and oxygen atoms in total. The van der Waals surface area contributed by atoms with E-state index in [4.69, 9.17) is 0 Å². The van der Waals surface area contributed by atoms with Gasteiger partial charge in [-0.15, -0.1) is 0 Å². The zero-order chi connectivity index (χ0) is 14.0. The van der Waals surface area contributed by atoms with Crippen LogP contribution in [0.2, 0.25) is 0 Å². The molecule has 1 aromatic rings. The minimum atomic E-state index is -0.158. The lowest BCUT2D eigenvalue weighted by Gasteiger charge is -2.34. The van der Waals surface area contributed by atoms with Crippen molar-refractivity contribution in [1.82, 2.24) is 9.97 Å². The van der Waals surface area contributed by atoms with E-state index < -0.39 is 0 Å². The number of aliphatic hydroxyl groups excluding tert-OH is 1. The maximum absolute atomic E-state index is 9.56. The molecule has 0 atom stereocenters. The molecule has 1 saturated heterocycles. The van der Waals surface area contributed by atoms with Crippen LogP contribution in [0.25, 0.3) is 0 Å². The average molecular weight is 264 g/mol. The van der Waals surface area contributed by atoms with E-state index in [1.54, 1.807) is 6.33 Å². The van der Waals surface area contributed by atoms with Gasteiger partial charge in [0.15, 0.2) is 0 Å². The van der Waals surface area contributed by atoms with Crippen LogP contribution in [0.1, 0.15) is 33.6 Å². The molecule has 1 aliphatic rings. The smallest absolute Gasteiger partial charge is 0.134 e. The highest BCUT2D eigenvalue weighted by Gasteiger charge is 2.22. The third-order valence-corrected chi connectivity index (χ3v) is 3.78. The number of aliphatic hydroxyl groups is 1. The van der Waals surface area contributed by atoms with Crippen LogP contribution >= 0.6 is 0 Å². The molecule has 2 heterocycles. The number of aromatic nitrogens is 2. The standard InChI is InChI=1S/C14H24N4O/c1-14(2,3)17(4)12-9-13(16-10-15-12)18-7-5-11(19)6-8-18/h9-11,19H,5-8H2,1-4H3. The summed E-state index contributed by atoms with van der Waals surface area (Å²) in [6.45, 7) is 8.19. The van der Waals surface area contributed by atoms with Crippen molar-refractivity contribution in [1.29, 1.82) is 0 Å². The number of piperidine rings is 1. The maximum Gasteiger partial charge on any atom is 0.134 e. The zero-order valence-electron chi connectivity index (χ0n) is 12.3. The lowest BCUT2D eigenvalue weighted by molar-refractivity contribution is 0.145. The lowest BCUT2D eigenvalue weighted by atomic mass is 10.1. The summed E-state index contributed by atoms with van der Waals surface area (Å²) in [7, 11) is 2.05. The Morgan fingerprint density at radius 2 is 1.89 bits per heavy atom. The summed E-state index contributed by atoms with van der Waals surface area (Å²) < 4.78 is 0. The molecule has 1 N–H and O–H groups in total. The maximum atomic E-state index is 9.56. The van der Waals surface area contributed by atoms with Gasteiger partial charge in [-0.2, -0.15) is 0 Å². The van der Waals surface area contributed by atoms with Crippen molar-refractivity contribution in [2.45, 2.75) is 45.3 Å². The molecule has 2 rings (SSSR count). The van der Waals surface area contributed by atoms with E-state index in [1.165, 1.54) is 0 Å². The predicted molar refractivity (Wildman–Crippen MR) is 77.6 cm³/mol. The molecule has 1 aliphatic heterocycles. The fourth-order valence-corrected chi connectivity index (χ4v) is 2.13. The Kier molecular flexibility index (Phi) is 3.94. The van der Waals surface area contributed by atoms with Gasteiger partial charge in [0.2, 0.25) is 0 Å². The molecule has 0 radical (unpaired) electrons. The normalized spacial score (nSPS) is 17.6. The fraction of sp³-hybridized carbons (Fsp3) is 0.714. The molecule has 0 bridgehead atoms. The Labute approximate surface area is 115 Å². The van der Waals surface area contributed by atoms with Gasteiger partial charge < -0.3 is 14.9 Å². The zero-order valence-corrected chi connectivity index (χ0v) is 12.3. The first-order chi connectivity index (χ1) is 8.88. The quantitative estimate of drug-likeness (QED) is 0.880. The largest absolute Gasteiger partial charge is 0.393 e. The van der Waals surface area contributed by atoms with Crippen molar-refractivity contribution in [3.63, 3.8) is 0 Å². The van der Waals surface area contributed by atoms with Crippen molar-refractivity contribution in [2.24, 2.45) is 0 Å². The molecule has 0 unspecified atom stereocenters. The van der Waals surface area contributed by atoms with E-state index >= 15 is 0 Å². The summed E-state index contributed by atoms with van der Waals surface area (Å²) >= 11 is 0. The minimum absolute atomic E-state index is 0.0315. The Balaban J connectivity index is 2.15. The third kappa shape index (κ3) is 3.35. The second-order valence-corrected chi connectivity index (χ2v) is 6.18. The van der Waals surface area contributed by atoms with Crippen LogP contribution < -0.4 is 9.80 Å². The Morgan fingerprint density at radius 3 is 2.47 bits per heavy atom. The number of hydrogen-bond acceptors (Lipinski definition) is 5. The van der Waals surface area contributed by atoms with E-state index in [-0.39, 0.29) is 11.6 Å². The summed E-state index contributed by atoms with van der Waals surface area (Å²) in [5.41, 5.74) is 0.0315. The highest BCUT2D eigenvalue weighted by atomic mass is 16.3. The van der Waals surface area contributed by atoms with Crippen molar-refractivity contribution < 1.29 is 5.11 Å². The molecular formula is C14H24N4O. The molecule has 19 heavy (non-hydrogen) atoms. The van der Waals surface area contributed by atoms with E-state index in [1.807, 2.05) is 13.1 Å². The predicted octanol–water partition coefficient (Wildman–Crippen LogP) is 1.67. The van der Waals surface area contributed by atoms with Gasteiger partial charge in [0.25, 0.3) is 0 Å². The average Bonchev–Trinajstić information content (AvgIpc) is 2.38. The van der Waals surface area contributed by atoms with Gasteiger partial charge >= 0.3 is 0 Å². The van der Waals surface area contributed by atoms with Gasteiger partial charge in [-0.25, -0.2) is 9.97 Å². The molecule has 1 aromatic heterocycles. The number of nitrogens with zero attached hydrogens (tertiary/aromatic N) is 4. The third-order valence-electron chi connectivity index (χ3n) is 3.78. The van der Waals surface area contributed by atoms with Crippen molar-refractivity contribution in [3.05, 3.63) is 12.4 Å². The first kappa shape index (κ1) is 14.1. The topological polar surface area (TPSA) is 52.5 Å². The summed E-state index contributed by atoms with van der Waals surface area (Å²) in [6.07, 6.45) is 3.09. The van der Waals surface area contributed by atoms with E-state index in [2.05, 4.69) is 40.5 Å².